The highest BCUT2D eigenvalue weighted by Gasteiger charge is 2.25. The van der Waals surface area contributed by atoms with Gasteiger partial charge in [-0.15, -0.1) is 0 Å². The molecule has 0 N–H and O–H groups in total. The minimum absolute atomic E-state index is 0.580. The molecule has 25 heavy (non-hydrogen) atoms. The fourth-order valence-electron chi connectivity index (χ4n) is 3.95. The Morgan fingerprint density at radius 3 is 2.48 bits per heavy atom. The third-order valence-corrected chi connectivity index (χ3v) is 5.20. The first-order chi connectivity index (χ1) is 12.3. The van der Waals surface area contributed by atoms with Crippen molar-refractivity contribution in [2.45, 2.75) is 38.9 Å². The second kappa shape index (κ2) is 7.24. The second-order valence-electron chi connectivity index (χ2n) is 6.95. The number of imidazole rings is 1. The van der Waals surface area contributed by atoms with Crippen LogP contribution < -0.4 is 0 Å². The first-order valence-electron chi connectivity index (χ1n) is 9.16. The predicted octanol–water partition coefficient (Wildman–Crippen LogP) is 4.52. The van der Waals surface area contributed by atoms with Gasteiger partial charge in [-0.05, 0) is 31.9 Å². The Bertz CT molecular complexity index is 808. The summed E-state index contributed by atoms with van der Waals surface area (Å²) in [6.45, 7) is 5.35. The van der Waals surface area contributed by atoms with Crippen LogP contribution in [0.3, 0.4) is 0 Å². The van der Waals surface area contributed by atoms with E-state index in [2.05, 4.69) is 82.0 Å². The highest BCUT2D eigenvalue weighted by atomic mass is 15.2. The van der Waals surface area contributed by atoms with Gasteiger partial charge >= 0.3 is 0 Å². The van der Waals surface area contributed by atoms with Crippen molar-refractivity contribution in [2.24, 2.45) is 0 Å². The molecule has 3 aromatic rings. The number of nitrogens with zero attached hydrogens (tertiary/aromatic N) is 3. The van der Waals surface area contributed by atoms with Crippen LogP contribution in [0.2, 0.25) is 0 Å². The molecular weight excluding hydrogens is 306 g/mol. The lowest BCUT2D eigenvalue weighted by atomic mass is 10.1. The van der Waals surface area contributed by atoms with Gasteiger partial charge in [-0.2, -0.15) is 0 Å². The van der Waals surface area contributed by atoms with Crippen LogP contribution in [0, 0.1) is 6.92 Å². The molecule has 0 bridgehead atoms. The average Bonchev–Trinajstić information content (AvgIpc) is 3.24. The average molecular weight is 331 g/mol. The number of aromatic nitrogens is 2. The van der Waals surface area contributed by atoms with Gasteiger partial charge < -0.3 is 4.57 Å². The summed E-state index contributed by atoms with van der Waals surface area (Å²) < 4.78 is 2.35. The van der Waals surface area contributed by atoms with Gasteiger partial charge in [-0.3, -0.25) is 4.90 Å². The number of hydrogen-bond acceptors (Lipinski definition) is 2. The Kier molecular flexibility index (Phi) is 4.66. The molecule has 3 nitrogen and oxygen atoms in total. The van der Waals surface area contributed by atoms with E-state index in [-0.39, 0.29) is 0 Å². The van der Waals surface area contributed by atoms with Crippen molar-refractivity contribution in [2.75, 3.05) is 6.54 Å². The van der Waals surface area contributed by atoms with Gasteiger partial charge in [0.05, 0.1) is 17.7 Å². The van der Waals surface area contributed by atoms with Crippen LogP contribution in [0.5, 0.6) is 0 Å². The highest BCUT2D eigenvalue weighted by Crippen LogP contribution is 2.26. The number of aryl methyl sites for hydroxylation is 1. The quantitative estimate of drug-likeness (QED) is 0.685. The van der Waals surface area contributed by atoms with Crippen molar-refractivity contribution in [1.29, 1.82) is 0 Å². The van der Waals surface area contributed by atoms with Crippen molar-refractivity contribution < 1.29 is 0 Å². The van der Waals surface area contributed by atoms with Crippen molar-refractivity contribution in [3.05, 3.63) is 78.2 Å². The van der Waals surface area contributed by atoms with E-state index >= 15 is 0 Å². The lowest BCUT2D eigenvalue weighted by molar-refractivity contribution is 0.225. The van der Waals surface area contributed by atoms with Gasteiger partial charge in [-0.1, -0.05) is 60.7 Å². The van der Waals surface area contributed by atoms with Crippen molar-refractivity contribution in [3.8, 4) is 11.3 Å². The van der Waals surface area contributed by atoms with E-state index in [1.54, 1.807) is 0 Å². The zero-order chi connectivity index (χ0) is 17.1. The molecule has 1 aromatic heterocycles. The summed E-state index contributed by atoms with van der Waals surface area (Å²) in [5.74, 6) is 0. The topological polar surface area (TPSA) is 21.1 Å². The summed E-state index contributed by atoms with van der Waals surface area (Å²) in [6, 6.07) is 22.0. The Balaban J connectivity index is 1.54. The number of likely N-dealkylation sites (tertiary alicyclic amines) is 1. The summed E-state index contributed by atoms with van der Waals surface area (Å²) >= 11 is 0. The number of hydrogen-bond donors (Lipinski definition) is 0. The second-order valence-corrected chi connectivity index (χ2v) is 6.95. The molecule has 3 heteroatoms. The molecule has 0 saturated carbocycles. The van der Waals surface area contributed by atoms with Crippen LogP contribution in [0.25, 0.3) is 11.3 Å². The summed E-state index contributed by atoms with van der Waals surface area (Å²) in [7, 11) is 0. The monoisotopic (exact) mass is 331 g/mol. The molecule has 2 heterocycles. The van der Waals surface area contributed by atoms with Crippen molar-refractivity contribution >= 4 is 0 Å². The van der Waals surface area contributed by atoms with Gasteiger partial charge in [-0.25, -0.2) is 4.98 Å². The van der Waals surface area contributed by atoms with Gasteiger partial charge in [0, 0.05) is 24.7 Å². The van der Waals surface area contributed by atoms with E-state index in [9.17, 15) is 0 Å². The molecular formula is C22H25N3. The number of rotatable bonds is 5. The Morgan fingerprint density at radius 2 is 1.72 bits per heavy atom. The Morgan fingerprint density at radius 1 is 1.00 bits per heavy atom. The molecule has 1 aliphatic rings. The highest BCUT2D eigenvalue weighted by molar-refractivity contribution is 5.62. The number of benzene rings is 2. The first kappa shape index (κ1) is 16.1. The molecule has 2 aromatic carbocycles. The van der Waals surface area contributed by atoms with Gasteiger partial charge in [0.15, 0.2) is 0 Å². The van der Waals surface area contributed by atoms with E-state index in [1.165, 1.54) is 36.2 Å². The van der Waals surface area contributed by atoms with Crippen LogP contribution in [-0.2, 0) is 13.1 Å². The summed E-state index contributed by atoms with van der Waals surface area (Å²) in [5, 5.41) is 0. The molecule has 0 radical (unpaired) electrons. The van der Waals surface area contributed by atoms with Gasteiger partial charge in [0.25, 0.3) is 0 Å². The van der Waals surface area contributed by atoms with Crippen LogP contribution in [0.15, 0.2) is 67.0 Å². The first-order valence-corrected chi connectivity index (χ1v) is 9.16. The third kappa shape index (κ3) is 3.52. The molecule has 4 rings (SSSR count). The zero-order valence-electron chi connectivity index (χ0n) is 14.8. The molecule has 1 fully saturated rings. The smallest absolute Gasteiger partial charge is 0.0954 e. The fraction of sp³-hybridized carbons (Fsp3) is 0.318. The zero-order valence-corrected chi connectivity index (χ0v) is 14.8. The van der Waals surface area contributed by atoms with Crippen molar-refractivity contribution in [3.63, 3.8) is 0 Å². The molecule has 1 saturated heterocycles. The van der Waals surface area contributed by atoms with E-state index in [1.807, 2.05) is 6.33 Å². The van der Waals surface area contributed by atoms with Gasteiger partial charge in [0.1, 0.15) is 0 Å². The molecule has 1 aliphatic heterocycles. The van der Waals surface area contributed by atoms with Crippen molar-refractivity contribution in [1.82, 2.24) is 14.5 Å². The normalized spacial score (nSPS) is 17.9. The maximum absolute atomic E-state index is 4.59. The van der Waals surface area contributed by atoms with E-state index < -0.39 is 0 Å². The lowest BCUT2D eigenvalue weighted by Gasteiger charge is -2.25. The largest absolute Gasteiger partial charge is 0.329 e. The molecule has 0 unspecified atom stereocenters. The predicted molar refractivity (Wildman–Crippen MR) is 102 cm³/mol. The summed E-state index contributed by atoms with van der Waals surface area (Å²) in [5.41, 5.74) is 5.02. The Hall–Kier alpha value is -2.39. The van der Waals surface area contributed by atoms with Crippen LogP contribution in [-0.4, -0.2) is 27.0 Å². The maximum atomic E-state index is 4.59. The minimum Gasteiger partial charge on any atom is -0.329 e. The van der Waals surface area contributed by atoms with E-state index in [0.29, 0.717) is 6.04 Å². The molecule has 0 amide bonds. The molecule has 128 valence electrons. The SMILES string of the molecule is Cc1ncn(C[C@@H]2CCCN2Cc2ccccc2)c1-c1ccccc1. The fourth-order valence-corrected chi connectivity index (χ4v) is 3.95. The lowest BCUT2D eigenvalue weighted by Crippen LogP contribution is -2.32. The van der Waals surface area contributed by atoms with Crippen LogP contribution >= 0.6 is 0 Å². The summed E-state index contributed by atoms with van der Waals surface area (Å²) in [6.07, 6.45) is 4.56. The van der Waals surface area contributed by atoms with Crippen LogP contribution in [0.1, 0.15) is 24.1 Å². The maximum Gasteiger partial charge on any atom is 0.0954 e. The standard InChI is InChI=1S/C22H25N3/c1-18-22(20-11-6-3-7-12-20)25(17-23-18)16-21-13-8-14-24(21)15-19-9-4-2-5-10-19/h2-7,9-12,17,21H,8,13-16H2,1H3/t21-/m0/s1. The molecule has 1 atom stereocenters. The third-order valence-electron chi connectivity index (χ3n) is 5.20. The minimum atomic E-state index is 0.580. The Labute approximate surface area is 149 Å². The van der Waals surface area contributed by atoms with Crippen LogP contribution in [0.4, 0.5) is 0 Å². The van der Waals surface area contributed by atoms with E-state index in [4.69, 9.17) is 0 Å². The van der Waals surface area contributed by atoms with Gasteiger partial charge in [0.2, 0.25) is 0 Å². The molecule has 0 spiro atoms. The molecule has 0 aliphatic carbocycles. The van der Waals surface area contributed by atoms with E-state index in [0.717, 1.165) is 18.8 Å². The summed E-state index contributed by atoms with van der Waals surface area (Å²) in [4.78, 5) is 7.21.